The Hall–Kier alpha value is -3.01. The first-order valence-corrected chi connectivity index (χ1v) is 9.41. The van der Waals surface area contributed by atoms with Gasteiger partial charge in [0.1, 0.15) is 6.67 Å². The lowest BCUT2D eigenvalue weighted by atomic mass is 10.0. The molecule has 146 valence electrons. The zero-order valence-corrected chi connectivity index (χ0v) is 16.7. The van der Waals surface area contributed by atoms with Gasteiger partial charge in [-0.1, -0.05) is 42.0 Å². The van der Waals surface area contributed by atoms with Gasteiger partial charge in [-0.3, -0.25) is 9.78 Å². The van der Waals surface area contributed by atoms with Gasteiger partial charge in [-0.05, 0) is 62.1 Å². The summed E-state index contributed by atoms with van der Waals surface area (Å²) in [4.78, 5) is 15.8. The molecule has 1 aromatic carbocycles. The topological polar surface area (TPSA) is 42.0 Å². The van der Waals surface area contributed by atoms with Crippen LogP contribution < -0.4 is 5.32 Å². The van der Waals surface area contributed by atoms with Crippen molar-refractivity contribution in [2.45, 2.75) is 33.6 Å². The number of nitrogens with zero attached hydrogens (tertiary/aromatic N) is 1. The van der Waals surface area contributed by atoms with Gasteiger partial charge in [0.15, 0.2) is 0 Å². The van der Waals surface area contributed by atoms with E-state index in [1.54, 1.807) is 13.0 Å². The van der Waals surface area contributed by atoms with Crippen LogP contribution in [-0.2, 0) is 11.2 Å². The molecule has 0 fully saturated rings. The summed E-state index contributed by atoms with van der Waals surface area (Å²) in [5.74, 6) is -0.0606. The molecule has 0 bridgehead atoms. The Kier molecular flexibility index (Phi) is 8.35. The predicted octanol–water partition coefficient (Wildman–Crippen LogP) is 6.01. The fourth-order valence-electron chi connectivity index (χ4n) is 2.93. The van der Waals surface area contributed by atoms with Crippen molar-refractivity contribution in [2.75, 3.05) is 12.0 Å². The Morgan fingerprint density at radius 3 is 2.75 bits per heavy atom. The first-order valence-electron chi connectivity index (χ1n) is 9.41. The van der Waals surface area contributed by atoms with Crippen LogP contribution in [-0.4, -0.2) is 17.6 Å². The summed E-state index contributed by atoms with van der Waals surface area (Å²) in [5.41, 5.74) is 6.73. The van der Waals surface area contributed by atoms with E-state index in [-0.39, 0.29) is 12.6 Å². The molecule has 1 aliphatic carbocycles. The summed E-state index contributed by atoms with van der Waals surface area (Å²) in [7, 11) is 0. The second-order valence-corrected chi connectivity index (χ2v) is 6.62. The van der Waals surface area contributed by atoms with E-state index in [0.29, 0.717) is 0 Å². The van der Waals surface area contributed by atoms with Crippen LogP contribution >= 0.6 is 0 Å². The Morgan fingerprint density at radius 1 is 1.25 bits per heavy atom. The highest BCUT2D eigenvalue weighted by Crippen LogP contribution is 2.29. The molecular formula is C24H27FN2O. The molecule has 3 nitrogen and oxygen atoms in total. The van der Waals surface area contributed by atoms with Crippen molar-refractivity contribution in [2.24, 2.45) is 0 Å². The predicted molar refractivity (Wildman–Crippen MR) is 116 cm³/mol. The first-order chi connectivity index (χ1) is 13.5. The standard InChI is InChI=1S/C20H20N2O.C4H7F/c1-14-8-9-20-19(7-4-10-21-20)17(11-14)12-16-5-3-6-18(13-16)22-15(2)23;1-2-3-4-5/h3-7,10-13H,8-9H2,1-2H3,(H,22,23);2-3H,4H2,1H3/b17-12+;3-2-. The zero-order chi connectivity index (χ0) is 20.4. The number of hydrogen-bond acceptors (Lipinski definition) is 2. The minimum atomic E-state index is -0.337. The minimum absolute atomic E-state index is 0.0606. The smallest absolute Gasteiger partial charge is 0.221 e. The number of aryl methyl sites for hydroxylation is 1. The molecule has 0 radical (unpaired) electrons. The molecule has 1 aromatic heterocycles. The van der Waals surface area contributed by atoms with Gasteiger partial charge < -0.3 is 5.32 Å². The van der Waals surface area contributed by atoms with Crippen molar-refractivity contribution in [1.82, 2.24) is 4.98 Å². The number of alkyl halides is 1. The van der Waals surface area contributed by atoms with Gasteiger partial charge in [0.2, 0.25) is 5.91 Å². The Morgan fingerprint density at radius 2 is 2.07 bits per heavy atom. The maximum Gasteiger partial charge on any atom is 0.221 e. The third-order valence-electron chi connectivity index (χ3n) is 4.21. The fourth-order valence-corrected chi connectivity index (χ4v) is 2.93. The highest BCUT2D eigenvalue weighted by molar-refractivity contribution is 5.91. The van der Waals surface area contributed by atoms with Gasteiger partial charge in [-0.15, -0.1) is 0 Å². The van der Waals surface area contributed by atoms with E-state index in [4.69, 9.17) is 0 Å². The van der Waals surface area contributed by atoms with E-state index < -0.39 is 0 Å². The van der Waals surface area contributed by atoms with Crippen LogP contribution in [0.4, 0.5) is 10.1 Å². The Balaban J connectivity index is 0.000000500. The van der Waals surface area contributed by atoms with Gasteiger partial charge in [-0.25, -0.2) is 4.39 Å². The van der Waals surface area contributed by atoms with E-state index in [0.717, 1.165) is 29.8 Å². The highest BCUT2D eigenvalue weighted by atomic mass is 19.1. The van der Waals surface area contributed by atoms with Crippen molar-refractivity contribution in [3.8, 4) is 0 Å². The van der Waals surface area contributed by atoms with Crippen LogP contribution in [0.1, 0.15) is 44.0 Å². The van der Waals surface area contributed by atoms with Gasteiger partial charge in [-0.2, -0.15) is 0 Å². The summed E-state index contributed by atoms with van der Waals surface area (Å²) in [6, 6.07) is 12.0. The number of carbonyl (C=O) groups excluding carboxylic acids is 1. The lowest BCUT2D eigenvalue weighted by Gasteiger charge is -2.08. The lowest BCUT2D eigenvalue weighted by molar-refractivity contribution is -0.114. The third-order valence-corrected chi connectivity index (χ3v) is 4.21. The van der Waals surface area contributed by atoms with Crippen LogP contribution in [0.3, 0.4) is 0 Å². The Labute approximate surface area is 166 Å². The van der Waals surface area contributed by atoms with E-state index in [9.17, 15) is 9.18 Å². The average molecular weight is 378 g/mol. The van der Waals surface area contributed by atoms with Crippen molar-refractivity contribution < 1.29 is 9.18 Å². The summed E-state index contributed by atoms with van der Waals surface area (Å²) in [5, 5.41) is 2.83. The Bertz CT molecular complexity index is 897. The van der Waals surface area contributed by atoms with Crippen molar-refractivity contribution in [1.29, 1.82) is 0 Å². The molecule has 28 heavy (non-hydrogen) atoms. The largest absolute Gasteiger partial charge is 0.326 e. The molecule has 4 heteroatoms. The number of fused-ring (bicyclic) bond motifs is 1. The number of anilines is 1. The van der Waals surface area contributed by atoms with Gasteiger partial charge in [0.25, 0.3) is 0 Å². The molecule has 0 spiro atoms. The van der Waals surface area contributed by atoms with Crippen molar-refractivity contribution in [3.05, 3.63) is 83.2 Å². The molecule has 0 saturated heterocycles. The number of carbonyl (C=O) groups is 1. The maximum atomic E-state index is 11.2. The molecule has 2 aromatic rings. The number of pyridine rings is 1. The monoisotopic (exact) mass is 378 g/mol. The number of hydrogen-bond donors (Lipinski definition) is 1. The molecule has 0 aliphatic heterocycles. The van der Waals surface area contributed by atoms with Gasteiger partial charge in [0, 0.05) is 30.1 Å². The zero-order valence-electron chi connectivity index (χ0n) is 16.7. The second kappa shape index (κ2) is 11.0. The number of benzene rings is 1. The molecule has 1 amide bonds. The fraction of sp³-hybridized carbons (Fsp3) is 0.250. The van der Waals surface area contributed by atoms with Gasteiger partial charge in [0.05, 0.1) is 0 Å². The number of rotatable bonds is 3. The number of amides is 1. The normalized spacial score (nSPS) is 14.6. The molecule has 0 unspecified atom stereocenters. The highest BCUT2D eigenvalue weighted by Gasteiger charge is 2.12. The number of allylic oxidation sites excluding steroid dienone is 5. The maximum absolute atomic E-state index is 11.2. The average Bonchev–Trinajstić information content (AvgIpc) is 2.82. The molecule has 3 rings (SSSR count). The third kappa shape index (κ3) is 6.62. The molecule has 1 aliphatic rings. The first kappa shape index (κ1) is 21.3. The molecule has 1 N–H and O–H groups in total. The quantitative estimate of drug-likeness (QED) is 0.665. The van der Waals surface area contributed by atoms with E-state index >= 15 is 0 Å². The number of nitrogens with one attached hydrogen (secondary N) is 1. The minimum Gasteiger partial charge on any atom is -0.326 e. The van der Waals surface area contributed by atoms with Crippen LogP contribution in [0.15, 0.2) is 66.4 Å². The molecule has 0 saturated carbocycles. The van der Waals surface area contributed by atoms with Crippen LogP contribution in [0.25, 0.3) is 11.6 Å². The van der Waals surface area contributed by atoms with Crippen molar-refractivity contribution in [3.63, 3.8) is 0 Å². The second-order valence-electron chi connectivity index (χ2n) is 6.62. The molecule has 0 atom stereocenters. The van der Waals surface area contributed by atoms with Crippen LogP contribution in [0.5, 0.6) is 0 Å². The summed E-state index contributed by atoms with van der Waals surface area (Å²) >= 11 is 0. The van der Waals surface area contributed by atoms with Crippen LogP contribution in [0, 0.1) is 0 Å². The van der Waals surface area contributed by atoms with E-state index in [1.807, 2.05) is 36.5 Å². The lowest BCUT2D eigenvalue weighted by Crippen LogP contribution is -2.05. The number of halogens is 1. The van der Waals surface area contributed by atoms with E-state index in [2.05, 4.69) is 35.4 Å². The van der Waals surface area contributed by atoms with Crippen LogP contribution in [0.2, 0.25) is 0 Å². The van der Waals surface area contributed by atoms with Gasteiger partial charge >= 0.3 is 0 Å². The SMILES string of the molecule is C/C=C\CF.CC(=O)Nc1cccc(/C=C2\C=C(C)CCc3ncccc32)c1. The molecular weight excluding hydrogens is 351 g/mol. The molecule has 1 heterocycles. The summed E-state index contributed by atoms with van der Waals surface area (Å²) in [6.07, 6.45) is 11.4. The van der Waals surface area contributed by atoms with Crippen molar-refractivity contribution >= 4 is 23.2 Å². The summed E-state index contributed by atoms with van der Waals surface area (Å²) in [6.45, 7) is 5.13. The number of aromatic nitrogens is 1. The van der Waals surface area contributed by atoms with E-state index in [1.165, 1.54) is 29.7 Å². The summed E-state index contributed by atoms with van der Waals surface area (Å²) < 4.78 is 10.9.